The van der Waals surface area contributed by atoms with Gasteiger partial charge >= 0.3 is 0 Å². The minimum absolute atomic E-state index is 0.231. The summed E-state index contributed by atoms with van der Waals surface area (Å²) < 4.78 is 5.25. The number of aromatic nitrogens is 2. The predicted molar refractivity (Wildman–Crippen MR) is 97.4 cm³/mol. The normalized spacial score (nSPS) is 13.1. The molecule has 3 aromatic rings. The van der Waals surface area contributed by atoms with Gasteiger partial charge in [0.05, 0.1) is 23.5 Å². The van der Waals surface area contributed by atoms with Crippen LogP contribution in [-0.4, -0.2) is 21.8 Å². The van der Waals surface area contributed by atoms with Gasteiger partial charge in [-0.3, -0.25) is 4.98 Å². The maximum atomic E-state index is 10.6. The molecule has 1 aromatic carbocycles. The molecule has 0 aliphatic carbocycles. The Balaban J connectivity index is 1.75. The Bertz CT molecular complexity index is 926. The predicted octanol–water partition coefficient (Wildman–Crippen LogP) is 4.09. The van der Waals surface area contributed by atoms with Crippen LogP contribution in [0.2, 0.25) is 0 Å². The summed E-state index contributed by atoms with van der Waals surface area (Å²) in [6, 6.07) is 9.73. The van der Waals surface area contributed by atoms with E-state index >= 15 is 0 Å². The van der Waals surface area contributed by atoms with Crippen LogP contribution in [0.15, 0.2) is 47.1 Å². The first-order valence-corrected chi connectivity index (χ1v) is 8.25. The third kappa shape index (κ3) is 2.78. The highest BCUT2D eigenvalue weighted by Gasteiger charge is 2.21. The van der Waals surface area contributed by atoms with Crippen molar-refractivity contribution >= 4 is 11.8 Å². The van der Waals surface area contributed by atoms with E-state index in [2.05, 4.69) is 27.2 Å². The van der Waals surface area contributed by atoms with Gasteiger partial charge < -0.3 is 14.5 Å². The van der Waals surface area contributed by atoms with E-state index in [4.69, 9.17) is 4.52 Å². The van der Waals surface area contributed by atoms with Crippen molar-refractivity contribution in [2.45, 2.75) is 20.4 Å². The van der Waals surface area contributed by atoms with Crippen molar-refractivity contribution in [3.63, 3.8) is 0 Å². The first-order valence-electron chi connectivity index (χ1n) is 8.25. The minimum atomic E-state index is 0.231. The van der Waals surface area contributed by atoms with Crippen LogP contribution in [-0.2, 0) is 6.54 Å². The van der Waals surface area contributed by atoms with Crippen LogP contribution in [0.1, 0.15) is 22.7 Å². The lowest BCUT2D eigenvalue weighted by Gasteiger charge is -2.28. The quantitative estimate of drug-likeness (QED) is 0.782. The fourth-order valence-corrected chi connectivity index (χ4v) is 3.31. The van der Waals surface area contributed by atoms with Crippen molar-refractivity contribution in [3.05, 3.63) is 65.3 Å². The fourth-order valence-electron chi connectivity index (χ4n) is 3.31. The lowest BCUT2D eigenvalue weighted by Crippen LogP contribution is -2.25. The molecule has 1 N–H and O–H groups in total. The average Bonchev–Trinajstić information content (AvgIpc) is 2.95. The molecule has 1 aliphatic heterocycles. The van der Waals surface area contributed by atoms with Gasteiger partial charge in [-0.25, -0.2) is 0 Å². The van der Waals surface area contributed by atoms with Crippen LogP contribution >= 0.6 is 0 Å². The molecule has 1 aliphatic rings. The molecule has 0 saturated carbocycles. The number of aromatic hydroxyl groups is 1. The second kappa shape index (κ2) is 6.09. The molecule has 0 amide bonds. The van der Waals surface area contributed by atoms with E-state index in [1.165, 1.54) is 0 Å². The number of pyridine rings is 1. The highest BCUT2D eigenvalue weighted by atomic mass is 16.5. The molecule has 0 saturated heterocycles. The summed E-state index contributed by atoms with van der Waals surface area (Å²) in [4.78, 5) is 6.60. The van der Waals surface area contributed by atoms with E-state index in [0.29, 0.717) is 12.3 Å². The third-order valence-corrected chi connectivity index (χ3v) is 4.49. The summed E-state index contributed by atoms with van der Waals surface area (Å²) in [6.07, 6.45) is 6.01. The molecule has 25 heavy (non-hydrogen) atoms. The van der Waals surface area contributed by atoms with Crippen LogP contribution in [0, 0.1) is 13.8 Å². The second-order valence-corrected chi connectivity index (χ2v) is 6.23. The number of fused-ring (bicyclic) bond motifs is 1. The number of rotatable bonds is 3. The van der Waals surface area contributed by atoms with Gasteiger partial charge in [-0.05, 0) is 37.6 Å². The molecule has 3 heterocycles. The van der Waals surface area contributed by atoms with Crippen molar-refractivity contribution < 1.29 is 9.63 Å². The van der Waals surface area contributed by atoms with Gasteiger partial charge in [0.2, 0.25) is 0 Å². The molecular formula is C20H19N3O2. The Morgan fingerprint density at radius 3 is 2.84 bits per heavy atom. The summed E-state index contributed by atoms with van der Waals surface area (Å²) in [6.45, 7) is 5.22. The van der Waals surface area contributed by atoms with Crippen LogP contribution in [0.5, 0.6) is 5.75 Å². The van der Waals surface area contributed by atoms with E-state index in [0.717, 1.165) is 40.3 Å². The van der Waals surface area contributed by atoms with Gasteiger partial charge in [-0.2, -0.15) is 0 Å². The molecule has 0 bridgehead atoms. The summed E-state index contributed by atoms with van der Waals surface area (Å²) in [5.41, 5.74) is 5.45. The molecule has 5 heteroatoms. The number of nitrogens with zero attached hydrogens (tertiary/aromatic N) is 3. The lowest BCUT2D eigenvalue weighted by molar-refractivity contribution is 0.393. The summed E-state index contributed by atoms with van der Waals surface area (Å²) in [5.74, 6) is 0.937. The molecular weight excluding hydrogens is 314 g/mol. The average molecular weight is 333 g/mol. The highest BCUT2D eigenvalue weighted by molar-refractivity contribution is 5.83. The first kappa shape index (κ1) is 15.4. The summed E-state index contributed by atoms with van der Waals surface area (Å²) in [7, 11) is 0. The standard InChI is InChI=1S/C20H19N3O2/c1-13-20(14(2)25-22-13)17-10-15-6-5-9-23(18(15)11-19(17)24)12-16-7-3-4-8-21-16/h3-8,10-11,24H,9,12H2,1-2H3. The minimum Gasteiger partial charge on any atom is -0.507 e. The van der Waals surface area contributed by atoms with Gasteiger partial charge in [0, 0.05) is 30.1 Å². The molecule has 4 rings (SSSR count). The third-order valence-electron chi connectivity index (χ3n) is 4.49. The number of hydrogen-bond acceptors (Lipinski definition) is 5. The zero-order valence-electron chi connectivity index (χ0n) is 14.2. The SMILES string of the molecule is Cc1noc(C)c1-c1cc2c(cc1O)N(Cc1ccccn1)CC=C2. The maximum absolute atomic E-state index is 10.6. The van der Waals surface area contributed by atoms with E-state index in [1.807, 2.05) is 44.2 Å². The van der Waals surface area contributed by atoms with Crippen molar-refractivity contribution in [1.29, 1.82) is 0 Å². The Morgan fingerprint density at radius 1 is 1.24 bits per heavy atom. The van der Waals surface area contributed by atoms with Crippen molar-refractivity contribution in [3.8, 4) is 16.9 Å². The molecule has 0 radical (unpaired) electrons. The topological polar surface area (TPSA) is 62.4 Å². The molecule has 126 valence electrons. The fraction of sp³-hybridized carbons (Fsp3) is 0.200. The second-order valence-electron chi connectivity index (χ2n) is 6.23. The van der Waals surface area contributed by atoms with Gasteiger partial charge in [-0.15, -0.1) is 0 Å². The monoisotopic (exact) mass is 333 g/mol. The van der Waals surface area contributed by atoms with Crippen LogP contribution in [0.25, 0.3) is 17.2 Å². The van der Waals surface area contributed by atoms with Gasteiger partial charge in [0.1, 0.15) is 11.5 Å². The number of phenols is 1. The highest BCUT2D eigenvalue weighted by Crippen LogP contribution is 2.40. The molecule has 2 aromatic heterocycles. The molecule has 0 unspecified atom stereocenters. The summed E-state index contributed by atoms with van der Waals surface area (Å²) in [5, 5.41) is 14.6. The van der Waals surface area contributed by atoms with E-state index in [9.17, 15) is 5.11 Å². The largest absolute Gasteiger partial charge is 0.507 e. The van der Waals surface area contributed by atoms with Crippen LogP contribution < -0.4 is 4.90 Å². The molecule has 0 atom stereocenters. The molecule has 5 nitrogen and oxygen atoms in total. The zero-order chi connectivity index (χ0) is 17.4. The van der Waals surface area contributed by atoms with Crippen molar-refractivity contribution in [2.75, 3.05) is 11.4 Å². The smallest absolute Gasteiger partial charge is 0.141 e. The van der Waals surface area contributed by atoms with Gasteiger partial charge in [-0.1, -0.05) is 23.4 Å². The summed E-state index contributed by atoms with van der Waals surface area (Å²) >= 11 is 0. The maximum Gasteiger partial charge on any atom is 0.141 e. The zero-order valence-corrected chi connectivity index (χ0v) is 14.2. The Kier molecular flexibility index (Phi) is 3.76. The van der Waals surface area contributed by atoms with Crippen molar-refractivity contribution in [1.82, 2.24) is 10.1 Å². The number of benzene rings is 1. The molecule has 0 spiro atoms. The van der Waals surface area contributed by atoms with Crippen LogP contribution in [0.4, 0.5) is 5.69 Å². The molecule has 0 fully saturated rings. The number of aryl methyl sites for hydroxylation is 2. The van der Waals surface area contributed by atoms with Gasteiger partial charge in [0.25, 0.3) is 0 Å². The van der Waals surface area contributed by atoms with E-state index < -0.39 is 0 Å². The number of hydrogen-bond donors (Lipinski definition) is 1. The Morgan fingerprint density at radius 2 is 2.12 bits per heavy atom. The van der Waals surface area contributed by atoms with Gasteiger partial charge in [0.15, 0.2) is 0 Å². The Labute approximate surface area is 146 Å². The lowest BCUT2D eigenvalue weighted by atomic mass is 9.97. The number of anilines is 1. The number of phenolic OH excluding ortho intramolecular Hbond substituents is 1. The van der Waals surface area contributed by atoms with E-state index in [1.54, 1.807) is 6.20 Å². The van der Waals surface area contributed by atoms with Crippen molar-refractivity contribution in [2.24, 2.45) is 0 Å². The van der Waals surface area contributed by atoms with Crippen LogP contribution in [0.3, 0.4) is 0 Å². The van der Waals surface area contributed by atoms with E-state index in [-0.39, 0.29) is 5.75 Å². The Hall–Kier alpha value is -3.08. The first-order chi connectivity index (χ1) is 12.1.